The Balaban J connectivity index is 0.00000154. The molecule has 0 aromatic rings. The van der Waals surface area contributed by atoms with E-state index in [9.17, 15) is 4.79 Å². The van der Waals surface area contributed by atoms with E-state index in [1.807, 2.05) is 18.7 Å². The van der Waals surface area contributed by atoms with E-state index in [4.69, 9.17) is 0 Å². The molecule has 0 radical (unpaired) electrons. The van der Waals surface area contributed by atoms with Crippen LogP contribution < -0.4 is 0 Å². The van der Waals surface area contributed by atoms with Crippen LogP contribution >= 0.6 is 0 Å². The summed E-state index contributed by atoms with van der Waals surface area (Å²) in [6.07, 6.45) is 4.17. The van der Waals surface area contributed by atoms with Crippen LogP contribution in [-0.2, 0) is 4.79 Å². The number of piperazine rings is 1. The van der Waals surface area contributed by atoms with Crippen LogP contribution in [0.15, 0.2) is 0 Å². The summed E-state index contributed by atoms with van der Waals surface area (Å²) in [6.45, 7) is 15.8. The van der Waals surface area contributed by atoms with Crippen molar-refractivity contribution in [3.8, 4) is 0 Å². The smallest absolute Gasteiger partial charge is 0.222 e. The molecule has 19 heavy (non-hydrogen) atoms. The molecule has 3 nitrogen and oxygen atoms in total. The molecule has 0 spiro atoms. The molecule has 1 aliphatic heterocycles. The number of nitrogens with zero attached hydrogens (tertiary/aromatic N) is 2. The van der Waals surface area contributed by atoms with Crippen molar-refractivity contribution < 1.29 is 4.79 Å². The molecule has 1 amide bonds. The minimum Gasteiger partial charge on any atom is -0.340 e. The molecule has 0 aromatic carbocycles. The SMILES string of the molecule is CC.CCCCCC(=O)N1CCN(CC(C)C)CC1. The maximum Gasteiger partial charge on any atom is 0.222 e. The highest BCUT2D eigenvalue weighted by Gasteiger charge is 2.20. The quantitative estimate of drug-likeness (QED) is 0.691. The molecule has 1 aliphatic rings. The zero-order valence-corrected chi connectivity index (χ0v) is 13.7. The molecule has 0 atom stereocenters. The lowest BCUT2D eigenvalue weighted by atomic mass is 10.1. The molecule has 0 aliphatic carbocycles. The summed E-state index contributed by atoms with van der Waals surface area (Å²) in [4.78, 5) is 16.4. The Kier molecular flexibility index (Phi) is 10.9. The van der Waals surface area contributed by atoms with Crippen molar-refractivity contribution in [2.45, 2.75) is 60.3 Å². The van der Waals surface area contributed by atoms with Crippen LogP contribution in [-0.4, -0.2) is 48.4 Å². The number of hydrogen-bond donors (Lipinski definition) is 0. The summed E-state index contributed by atoms with van der Waals surface area (Å²) in [5.74, 6) is 1.09. The second kappa shape index (κ2) is 11.3. The molecule has 0 bridgehead atoms. The van der Waals surface area contributed by atoms with Gasteiger partial charge in [0.15, 0.2) is 0 Å². The van der Waals surface area contributed by atoms with Crippen LogP contribution in [0.5, 0.6) is 0 Å². The van der Waals surface area contributed by atoms with Crippen molar-refractivity contribution in [2.75, 3.05) is 32.7 Å². The predicted octanol–water partition coefficient (Wildman–Crippen LogP) is 3.39. The number of unbranched alkanes of at least 4 members (excludes halogenated alkanes) is 2. The first-order valence-corrected chi connectivity index (χ1v) is 8.13. The highest BCUT2D eigenvalue weighted by Crippen LogP contribution is 2.08. The molecule has 1 heterocycles. The molecular weight excluding hydrogens is 236 g/mol. The van der Waals surface area contributed by atoms with Crippen molar-refractivity contribution >= 4 is 5.91 Å². The second-order valence-electron chi connectivity index (χ2n) is 5.53. The summed E-state index contributed by atoms with van der Waals surface area (Å²) in [5.41, 5.74) is 0. The third-order valence-electron chi connectivity index (χ3n) is 3.34. The molecule has 0 N–H and O–H groups in total. The molecular formula is C16H34N2O. The van der Waals surface area contributed by atoms with Gasteiger partial charge in [-0.1, -0.05) is 47.5 Å². The van der Waals surface area contributed by atoms with Gasteiger partial charge >= 0.3 is 0 Å². The molecule has 0 saturated carbocycles. The van der Waals surface area contributed by atoms with E-state index in [1.54, 1.807) is 0 Å². The van der Waals surface area contributed by atoms with E-state index in [2.05, 4.69) is 25.7 Å². The summed E-state index contributed by atoms with van der Waals surface area (Å²) in [7, 11) is 0. The fraction of sp³-hybridized carbons (Fsp3) is 0.938. The predicted molar refractivity (Wildman–Crippen MR) is 83.3 cm³/mol. The van der Waals surface area contributed by atoms with E-state index in [1.165, 1.54) is 12.8 Å². The molecule has 114 valence electrons. The average Bonchev–Trinajstić information content (AvgIpc) is 2.41. The van der Waals surface area contributed by atoms with Gasteiger partial charge in [-0.3, -0.25) is 9.69 Å². The minimum atomic E-state index is 0.364. The van der Waals surface area contributed by atoms with Crippen molar-refractivity contribution in [1.29, 1.82) is 0 Å². The summed E-state index contributed by atoms with van der Waals surface area (Å²) >= 11 is 0. The van der Waals surface area contributed by atoms with E-state index in [-0.39, 0.29) is 0 Å². The van der Waals surface area contributed by atoms with Gasteiger partial charge in [-0.05, 0) is 12.3 Å². The average molecular weight is 270 g/mol. The Morgan fingerprint density at radius 3 is 2.11 bits per heavy atom. The standard InChI is InChI=1S/C14H28N2O.C2H6/c1-4-5-6-7-14(17)16-10-8-15(9-11-16)12-13(2)3;1-2/h13H,4-12H2,1-3H3;1-2H3. The topological polar surface area (TPSA) is 23.6 Å². The van der Waals surface area contributed by atoms with Crippen molar-refractivity contribution in [1.82, 2.24) is 9.80 Å². The Labute approximate surface area is 120 Å². The van der Waals surface area contributed by atoms with E-state index in [0.29, 0.717) is 5.91 Å². The normalized spacial score (nSPS) is 16.2. The molecule has 1 saturated heterocycles. The van der Waals surface area contributed by atoms with Gasteiger partial charge in [-0.15, -0.1) is 0 Å². The number of hydrogen-bond acceptors (Lipinski definition) is 2. The first kappa shape index (κ1) is 18.4. The first-order chi connectivity index (χ1) is 9.13. The maximum atomic E-state index is 11.9. The van der Waals surface area contributed by atoms with Crippen LogP contribution in [0.1, 0.15) is 60.3 Å². The number of carbonyl (C=O) groups excluding carboxylic acids is 1. The summed E-state index contributed by atoms with van der Waals surface area (Å²) < 4.78 is 0. The lowest BCUT2D eigenvalue weighted by Gasteiger charge is -2.35. The lowest BCUT2D eigenvalue weighted by molar-refractivity contribution is -0.133. The van der Waals surface area contributed by atoms with Gasteiger partial charge in [0.2, 0.25) is 5.91 Å². The molecule has 1 fully saturated rings. The highest BCUT2D eigenvalue weighted by molar-refractivity contribution is 5.76. The van der Waals surface area contributed by atoms with Crippen molar-refractivity contribution in [3.63, 3.8) is 0 Å². The van der Waals surface area contributed by atoms with Gasteiger partial charge in [-0.2, -0.15) is 0 Å². The highest BCUT2D eigenvalue weighted by atomic mass is 16.2. The number of carbonyl (C=O) groups is 1. The van der Waals surface area contributed by atoms with Gasteiger partial charge in [0.25, 0.3) is 0 Å². The van der Waals surface area contributed by atoms with Gasteiger partial charge in [0.05, 0.1) is 0 Å². The third kappa shape index (κ3) is 8.25. The molecule has 3 heteroatoms. The summed E-state index contributed by atoms with van der Waals surface area (Å²) in [6, 6.07) is 0. The Hall–Kier alpha value is -0.570. The lowest BCUT2D eigenvalue weighted by Crippen LogP contribution is -2.49. The molecule has 0 unspecified atom stereocenters. The van der Waals surface area contributed by atoms with Crippen molar-refractivity contribution in [3.05, 3.63) is 0 Å². The second-order valence-corrected chi connectivity index (χ2v) is 5.53. The van der Waals surface area contributed by atoms with Crippen LogP contribution in [0, 0.1) is 5.92 Å². The fourth-order valence-electron chi connectivity index (χ4n) is 2.38. The van der Waals surface area contributed by atoms with Gasteiger partial charge < -0.3 is 4.90 Å². The Morgan fingerprint density at radius 2 is 1.63 bits per heavy atom. The third-order valence-corrected chi connectivity index (χ3v) is 3.34. The van der Waals surface area contributed by atoms with Gasteiger partial charge in [0, 0.05) is 39.1 Å². The van der Waals surface area contributed by atoms with Crippen molar-refractivity contribution in [2.24, 2.45) is 5.92 Å². The number of amides is 1. The number of rotatable bonds is 6. The van der Waals surface area contributed by atoms with Gasteiger partial charge in [0.1, 0.15) is 0 Å². The minimum absolute atomic E-state index is 0.364. The van der Waals surface area contributed by atoms with E-state index < -0.39 is 0 Å². The Morgan fingerprint density at radius 1 is 1.05 bits per heavy atom. The Bertz CT molecular complexity index is 221. The van der Waals surface area contributed by atoms with Crippen LogP contribution in [0.2, 0.25) is 0 Å². The fourth-order valence-corrected chi connectivity index (χ4v) is 2.38. The van der Waals surface area contributed by atoms with E-state index in [0.717, 1.165) is 51.5 Å². The van der Waals surface area contributed by atoms with Gasteiger partial charge in [-0.25, -0.2) is 0 Å². The zero-order chi connectivity index (χ0) is 14.7. The maximum absolute atomic E-state index is 11.9. The first-order valence-electron chi connectivity index (χ1n) is 8.13. The van der Waals surface area contributed by atoms with E-state index >= 15 is 0 Å². The molecule has 1 rings (SSSR count). The van der Waals surface area contributed by atoms with Crippen LogP contribution in [0.4, 0.5) is 0 Å². The summed E-state index contributed by atoms with van der Waals surface area (Å²) in [5, 5.41) is 0. The monoisotopic (exact) mass is 270 g/mol. The van der Waals surface area contributed by atoms with Crippen LogP contribution in [0.25, 0.3) is 0 Å². The van der Waals surface area contributed by atoms with Crippen LogP contribution in [0.3, 0.4) is 0 Å². The molecule has 0 aromatic heterocycles. The zero-order valence-electron chi connectivity index (χ0n) is 13.7. The largest absolute Gasteiger partial charge is 0.340 e.